The van der Waals surface area contributed by atoms with E-state index in [9.17, 15) is 9.90 Å². The zero-order chi connectivity index (χ0) is 23.9. The van der Waals surface area contributed by atoms with Crippen LogP contribution < -0.4 is 32.2 Å². The van der Waals surface area contributed by atoms with E-state index in [0.29, 0.717) is 31.5 Å². The number of hydrogen-bond acceptors (Lipinski definition) is 10. The van der Waals surface area contributed by atoms with Crippen LogP contribution in [-0.2, 0) is 19.6 Å². The minimum Gasteiger partial charge on any atom is -0.497 e. The van der Waals surface area contributed by atoms with Crippen LogP contribution in [-0.4, -0.2) is 36.8 Å². The lowest BCUT2D eigenvalue weighted by Crippen LogP contribution is -2.24. The smallest absolute Gasteiger partial charge is 0.347 e. The van der Waals surface area contributed by atoms with E-state index >= 15 is 0 Å². The second kappa shape index (κ2) is 10.4. The van der Waals surface area contributed by atoms with Crippen LogP contribution in [0.5, 0.6) is 11.6 Å². The van der Waals surface area contributed by atoms with Crippen molar-refractivity contribution in [1.82, 2.24) is 24.6 Å². The van der Waals surface area contributed by atoms with Gasteiger partial charge < -0.3 is 26.2 Å². The molecule has 12 nitrogen and oxygen atoms in total. The third-order valence-corrected chi connectivity index (χ3v) is 4.88. The number of nitrogens with zero attached hydrogens (tertiary/aromatic N) is 4. The Bertz CT molecular complexity index is 1210. The number of ether oxygens (including phenoxy) is 1. The van der Waals surface area contributed by atoms with Crippen molar-refractivity contribution in [2.24, 2.45) is 5.73 Å². The summed E-state index contributed by atoms with van der Waals surface area (Å²) >= 11 is 0. The van der Waals surface area contributed by atoms with Gasteiger partial charge in [-0.2, -0.15) is 15.0 Å². The van der Waals surface area contributed by atoms with Gasteiger partial charge in [-0.15, -0.1) is 0 Å². The first-order valence-corrected chi connectivity index (χ1v) is 10.4. The number of aromatic nitrogens is 5. The molecule has 0 radical (unpaired) electrons. The lowest BCUT2D eigenvalue weighted by molar-refractivity contribution is 0.414. The van der Waals surface area contributed by atoms with Gasteiger partial charge in [0.1, 0.15) is 5.75 Å². The van der Waals surface area contributed by atoms with Crippen molar-refractivity contribution in [2.45, 2.75) is 19.6 Å². The molecule has 0 aliphatic carbocycles. The highest BCUT2D eigenvalue weighted by atomic mass is 16.5. The SMILES string of the molecule is COc1ccc(CNc2nc(NCc3ccc(CN)cc3)nc(Nn3cc(O)[nH]c3=O)n2)cc1. The molecule has 0 bridgehead atoms. The Hall–Kier alpha value is -4.58. The van der Waals surface area contributed by atoms with Crippen LogP contribution in [0.25, 0.3) is 0 Å². The summed E-state index contributed by atoms with van der Waals surface area (Å²) in [5.41, 5.74) is 10.9. The number of aromatic amines is 1. The third kappa shape index (κ3) is 5.81. The zero-order valence-electron chi connectivity index (χ0n) is 18.4. The standard InChI is InChI=1S/C22H25N9O3/c1-34-17-8-6-16(7-9-17)12-25-20-27-19(24-11-15-4-2-14(10-23)3-5-15)28-21(29-20)30-31-13-18(32)26-22(31)33/h2-9,13,32H,10-12,23H2,1H3,(H,26,33)(H3,24,25,27,28,29,30). The van der Waals surface area contributed by atoms with Crippen molar-refractivity contribution in [2.75, 3.05) is 23.2 Å². The number of H-pyrrole nitrogens is 1. The average Bonchev–Trinajstić information content (AvgIpc) is 3.18. The molecule has 2 heterocycles. The van der Waals surface area contributed by atoms with Crippen LogP contribution in [0.15, 0.2) is 59.5 Å². The van der Waals surface area contributed by atoms with Crippen LogP contribution in [0.3, 0.4) is 0 Å². The van der Waals surface area contributed by atoms with E-state index in [2.05, 4.69) is 36.0 Å². The second-order valence-electron chi connectivity index (χ2n) is 7.31. The molecule has 0 aliphatic rings. The lowest BCUT2D eigenvalue weighted by Gasteiger charge is -2.12. The van der Waals surface area contributed by atoms with Gasteiger partial charge in [0.2, 0.25) is 23.7 Å². The minimum atomic E-state index is -0.569. The number of anilines is 3. The van der Waals surface area contributed by atoms with Crippen molar-refractivity contribution in [3.63, 3.8) is 0 Å². The van der Waals surface area contributed by atoms with E-state index < -0.39 is 5.69 Å². The van der Waals surface area contributed by atoms with Crippen molar-refractivity contribution >= 4 is 17.8 Å². The van der Waals surface area contributed by atoms with Crippen LogP contribution in [0.2, 0.25) is 0 Å². The van der Waals surface area contributed by atoms with E-state index in [1.54, 1.807) is 7.11 Å². The molecule has 0 aliphatic heterocycles. The highest BCUT2D eigenvalue weighted by molar-refractivity contribution is 5.43. The van der Waals surface area contributed by atoms with Gasteiger partial charge in [0.15, 0.2) is 0 Å². The van der Waals surface area contributed by atoms with Crippen molar-refractivity contribution in [3.8, 4) is 11.6 Å². The summed E-state index contributed by atoms with van der Waals surface area (Å²) in [7, 11) is 1.61. The Morgan fingerprint density at radius 1 is 0.912 bits per heavy atom. The molecule has 7 N–H and O–H groups in total. The molecule has 0 fully saturated rings. The van der Waals surface area contributed by atoms with Gasteiger partial charge in [-0.05, 0) is 28.8 Å². The van der Waals surface area contributed by atoms with E-state index in [1.807, 2.05) is 48.5 Å². The summed E-state index contributed by atoms with van der Waals surface area (Å²) in [5.74, 6) is 1.17. The predicted octanol–water partition coefficient (Wildman–Crippen LogP) is 1.63. The Labute approximate surface area is 194 Å². The highest BCUT2D eigenvalue weighted by Gasteiger charge is 2.10. The maximum absolute atomic E-state index is 11.9. The molecule has 0 unspecified atom stereocenters. The number of nitrogens with one attached hydrogen (secondary N) is 4. The Kier molecular flexibility index (Phi) is 6.89. The largest absolute Gasteiger partial charge is 0.497 e. The average molecular weight is 464 g/mol. The summed E-state index contributed by atoms with van der Waals surface area (Å²) in [6.45, 7) is 1.41. The van der Waals surface area contributed by atoms with E-state index in [1.165, 1.54) is 6.20 Å². The molecule has 0 saturated carbocycles. The number of aromatic hydroxyl groups is 1. The van der Waals surface area contributed by atoms with Gasteiger partial charge >= 0.3 is 5.69 Å². The Morgan fingerprint density at radius 3 is 1.94 bits per heavy atom. The van der Waals surface area contributed by atoms with Crippen LogP contribution >= 0.6 is 0 Å². The predicted molar refractivity (Wildman–Crippen MR) is 128 cm³/mol. The lowest BCUT2D eigenvalue weighted by atomic mass is 10.1. The topological polar surface area (TPSA) is 168 Å². The van der Waals surface area contributed by atoms with Gasteiger partial charge in [0.25, 0.3) is 0 Å². The monoisotopic (exact) mass is 463 g/mol. The Morgan fingerprint density at radius 2 is 1.44 bits per heavy atom. The summed E-state index contributed by atoms with van der Waals surface area (Å²) in [6, 6.07) is 15.5. The molecule has 0 atom stereocenters. The summed E-state index contributed by atoms with van der Waals surface area (Å²) < 4.78 is 6.22. The van der Waals surface area contributed by atoms with E-state index in [0.717, 1.165) is 27.1 Å². The molecular formula is C22H25N9O3. The first kappa shape index (κ1) is 22.6. The fraction of sp³-hybridized carbons (Fsp3) is 0.182. The van der Waals surface area contributed by atoms with Crippen LogP contribution in [0.1, 0.15) is 16.7 Å². The van der Waals surface area contributed by atoms with Gasteiger partial charge in [-0.3, -0.25) is 10.4 Å². The van der Waals surface area contributed by atoms with Gasteiger partial charge in [0, 0.05) is 19.6 Å². The van der Waals surface area contributed by atoms with Crippen molar-refractivity contribution in [1.29, 1.82) is 0 Å². The first-order chi connectivity index (χ1) is 16.5. The molecule has 0 amide bonds. The molecule has 0 spiro atoms. The summed E-state index contributed by atoms with van der Waals surface area (Å²) in [4.78, 5) is 27.2. The number of methoxy groups -OCH3 is 1. The maximum Gasteiger partial charge on any atom is 0.347 e. The molecular weight excluding hydrogens is 438 g/mol. The Balaban J connectivity index is 1.52. The normalized spacial score (nSPS) is 10.6. The van der Waals surface area contributed by atoms with Crippen molar-refractivity contribution in [3.05, 3.63) is 81.9 Å². The fourth-order valence-electron chi connectivity index (χ4n) is 3.06. The molecule has 4 aromatic rings. The van der Waals surface area contributed by atoms with E-state index in [4.69, 9.17) is 10.5 Å². The van der Waals surface area contributed by atoms with Crippen molar-refractivity contribution < 1.29 is 9.84 Å². The molecule has 12 heteroatoms. The number of nitrogens with two attached hydrogens (primary N) is 1. The number of imidazole rings is 1. The van der Waals surface area contributed by atoms with Crippen LogP contribution in [0, 0.1) is 0 Å². The second-order valence-corrected chi connectivity index (χ2v) is 7.31. The number of benzene rings is 2. The molecule has 2 aromatic heterocycles. The fourth-order valence-corrected chi connectivity index (χ4v) is 3.06. The first-order valence-electron chi connectivity index (χ1n) is 10.4. The molecule has 176 valence electrons. The quantitative estimate of drug-likeness (QED) is 0.203. The maximum atomic E-state index is 11.9. The van der Waals surface area contributed by atoms with E-state index in [-0.39, 0.29) is 11.8 Å². The molecule has 34 heavy (non-hydrogen) atoms. The molecule has 4 rings (SSSR count). The third-order valence-electron chi connectivity index (χ3n) is 4.88. The van der Waals surface area contributed by atoms with Crippen LogP contribution in [0.4, 0.5) is 17.8 Å². The van der Waals surface area contributed by atoms with Gasteiger partial charge in [-0.25, -0.2) is 9.47 Å². The number of rotatable bonds is 10. The van der Waals surface area contributed by atoms with Gasteiger partial charge in [0.05, 0.1) is 13.3 Å². The number of hydrogen-bond donors (Lipinski definition) is 6. The van der Waals surface area contributed by atoms with Gasteiger partial charge in [-0.1, -0.05) is 36.4 Å². The molecule has 2 aromatic carbocycles. The summed E-state index contributed by atoms with van der Waals surface area (Å²) in [6.07, 6.45) is 1.18. The summed E-state index contributed by atoms with van der Waals surface area (Å²) in [5, 5.41) is 15.8. The zero-order valence-corrected chi connectivity index (χ0v) is 18.4. The minimum absolute atomic E-state index is 0.106. The molecule has 0 saturated heterocycles. The highest BCUT2D eigenvalue weighted by Crippen LogP contribution is 2.15.